The Hall–Kier alpha value is -1.06. The molecule has 1 rings (SSSR count). The molecule has 1 aromatic rings. The van der Waals surface area contributed by atoms with Gasteiger partial charge in [-0.25, -0.2) is 13.4 Å². The molecule has 1 unspecified atom stereocenters. The molecule has 0 aromatic carbocycles. The second kappa shape index (κ2) is 4.85. The molecule has 5 nitrogen and oxygen atoms in total. The van der Waals surface area contributed by atoms with Crippen LogP contribution in [0.3, 0.4) is 0 Å². The molecule has 7 heteroatoms. The van der Waals surface area contributed by atoms with Gasteiger partial charge >= 0.3 is 0 Å². The van der Waals surface area contributed by atoms with Crippen molar-refractivity contribution in [3.05, 3.63) is 12.0 Å². The third-order valence-electron chi connectivity index (χ3n) is 2.11. The van der Waals surface area contributed by atoms with E-state index in [1.165, 1.54) is 6.20 Å². The maximum atomic E-state index is 11.1. The van der Waals surface area contributed by atoms with Crippen LogP contribution in [0.2, 0.25) is 0 Å². The van der Waals surface area contributed by atoms with E-state index in [1.807, 2.05) is 13.0 Å². The summed E-state index contributed by atoms with van der Waals surface area (Å²) in [5.74, 6) is 0.566. The first-order valence-corrected chi connectivity index (χ1v) is 7.13. The zero-order chi connectivity index (χ0) is 12.3. The SMILES string of the molecule is CCCc1nc(S(=O)(=O)Cl)cn1C(C)C#N. The minimum atomic E-state index is -3.83. The van der Waals surface area contributed by atoms with Gasteiger partial charge in [0.25, 0.3) is 9.05 Å². The molecule has 0 aliphatic heterocycles. The zero-order valence-electron chi connectivity index (χ0n) is 9.01. The lowest BCUT2D eigenvalue weighted by molar-refractivity contribution is 0.606. The number of nitrogens with zero attached hydrogens (tertiary/aromatic N) is 3. The zero-order valence-corrected chi connectivity index (χ0v) is 10.6. The molecule has 0 saturated carbocycles. The van der Waals surface area contributed by atoms with Crippen LogP contribution in [0.5, 0.6) is 0 Å². The molecule has 0 amide bonds. The molecule has 0 fully saturated rings. The average molecular weight is 262 g/mol. The fourth-order valence-electron chi connectivity index (χ4n) is 1.33. The lowest BCUT2D eigenvalue weighted by atomic mass is 10.3. The lowest BCUT2D eigenvalue weighted by Crippen LogP contribution is -2.06. The second-order valence-electron chi connectivity index (χ2n) is 3.40. The maximum absolute atomic E-state index is 11.1. The third-order valence-corrected chi connectivity index (χ3v) is 3.28. The largest absolute Gasteiger partial charge is 0.317 e. The topological polar surface area (TPSA) is 75.8 Å². The van der Waals surface area contributed by atoms with Gasteiger partial charge in [-0.2, -0.15) is 5.26 Å². The molecule has 0 bridgehead atoms. The van der Waals surface area contributed by atoms with Crippen molar-refractivity contribution in [3.63, 3.8) is 0 Å². The first-order valence-electron chi connectivity index (χ1n) is 4.82. The molecule has 0 saturated heterocycles. The minimum absolute atomic E-state index is 0.195. The van der Waals surface area contributed by atoms with Gasteiger partial charge in [0.2, 0.25) is 0 Å². The number of imidazole rings is 1. The van der Waals surface area contributed by atoms with Crippen molar-refractivity contribution in [1.82, 2.24) is 9.55 Å². The Labute approximate surface area is 99.1 Å². The number of hydrogen-bond acceptors (Lipinski definition) is 4. The Morgan fingerprint density at radius 2 is 2.31 bits per heavy atom. The number of halogens is 1. The Kier molecular flexibility index (Phi) is 3.94. The van der Waals surface area contributed by atoms with E-state index in [4.69, 9.17) is 15.9 Å². The molecular weight excluding hydrogens is 250 g/mol. The number of aryl methyl sites for hydroxylation is 1. The quantitative estimate of drug-likeness (QED) is 0.775. The van der Waals surface area contributed by atoms with Crippen LogP contribution >= 0.6 is 10.7 Å². The summed E-state index contributed by atoms with van der Waals surface area (Å²) in [6.45, 7) is 3.62. The van der Waals surface area contributed by atoms with E-state index in [2.05, 4.69) is 4.98 Å². The molecule has 1 aromatic heterocycles. The number of nitriles is 1. The van der Waals surface area contributed by atoms with Crippen LogP contribution in [-0.2, 0) is 15.5 Å². The van der Waals surface area contributed by atoms with Gasteiger partial charge in [-0.1, -0.05) is 6.92 Å². The standard InChI is InChI=1S/C9H12ClN3O2S/c1-3-4-8-12-9(16(10,14)15)6-13(8)7(2)5-11/h6-7H,3-4H2,1-2H3. The molecule has 1 heterocycles. The smallest absolute Gasteiger partial charge is 0.280 e. The lowest BCUT2D eigenvalue weighted by Gasteiger charge is -2.07. The predicted molar refractivity (Wildman–Crippen MR) is 59.6 cm³/mol. The Morgan fingerprint density at radius 3 is 2.75 bits per heavy atom. The molecule has 16 heavy (non-hydrogen) atoms. The third kappa shape index (κ3) is 2.74. The predicted octanol–water partition coefficient (Wildman–Crippen LogP) is 1.85. The summed E-state index contributed by atoms with van der Waals surface area (Å²) in [5.41, 5.74) is 0. The summed E-state index contributed by atoms with van der Waals surface area (Å²) < 4.78 is 23.8. The first kappa shape index (κ1) is 13.0. The monoisotopic (exact) mass is 261 g/mol. The van der Waals surface area contributed by atoms with E-state index < -0.39 is 15.1 Å². The van der Waals surface area contributed by atoms with Crippen molar-refractivity contribution in [1.29, 1.82) is 5.26 Å². The summed E-state index contributed by atoms with van der Waals surface area (Å²) in [6.07, 6.45) is 2.73. The van der Waals surface area contributed by atoms with Crippen molar-refractivity contribution in [2.45, 2.75) is 37.8 Å². The van der Waals surface area contributed by atoms with Crippen molar-refractivity contribution in [3.8, 4) is 6.07 Å². The van der Waals surface area contributed by atoms with Gasteiger partial charge in [-0.05, 0) is 13.3 Å². The van der Waals surface area contributed by atoms with E-state index in [1.54, 1.807) is 11.5 Å². The van der Waals surface area contributed by atoms with Crippen LogP contribution in [0.1, 0.15) is 32.1 Å². The molecular formula is C9H12ClN3O2S. The highest BCUT2D eigenvalue weighted by atomic mass is 35.7. The fourth-order valence-corrected chi connectivity index (χ4v) is 2.01. The van der Waals surface area contributed by atoms with Crippen LogP contribution in [0.4, 0.5) is 0 Å². The minimum Gasteiger partial charge on any atom is -0.317 e. The summed E-state index contributed by atoms with van der Waals surface area (Å²) in [6, 6.07) is 1.57. The molecule has 1 atom stereocenters. The summed E-state index contributed by atoms with van der Waals surface area (Å²) in [7, 11) is 1.37. The Bertz CT molecular complexity index is 515. The summed E-state index contributed by atoms with van der Waals surface area (Å²) >= 11 is 0. The van der Waals surface area contributed by atoms with Crippen LogP contribution in [0.15, 0.2) is 11.2 Å². The van der Waals surface area contributed by atoms with Crippen LogP contribution < -0.4 is 0 Å². The first-order chi connectivity index (χ1) is 7.40. The van der Waals surface area contributed by atoms with E-state index in [-0.39, 0.29) is 5.03 Å². The van der Waals surface area contributed by atoms with Gasteiger partial charge in [0.05, 0.1) is 6.07 Å². The van der Waals surface area contributed by atoms with E-state index in [0.29, 0.717) is 12.2 Å². The summed E-state index contributed by atoms with van der Waals surface area (Å²) in [4.78, 5) is 3.93. The van der Waals surface area contributed by atoms with E-state index >= 15 is 0 Å². The molecule has 0 aliphatic rings. The molecule has 0 aliphatic carbocycles. The van der Waals surface area contributed by atoms with E-state index in [9.17, 15) is 8.42 Å². The van der Waals surface area contributed by atoms with Crippen molar-refractivity contribution >= 4 is 19.7 Å². The fraction of sp³-hybridized carbons (Fsp3) is 0.556. The number of rotatable bonds is 4. The molecule has 88 valence electrons. The highest BCUT2D eigenvalue weighted by Gasteiger charge is 2.19. The van der Waals surface area contributed by atoms with Crippen LogP contribution in [-0.4, -0.2) is 18.0 Å². The van der Waals surface area contributed by atoms with E-state index in [0.717, 1.165) is 6.42 Å². The second-order valence-corrected chi connectivity index (χ2v) is 5.91. The normalized spacial score (nSPS) is 13.4. The van der Waals surface area contributed by atoms with Gasteiger partial charge in [0.1, 0.15) is 11.9 Å². The Balaban J connectivity index is 3.27. The van der Waals surface area contributed by atoms with Crippen molar-refractivity contribution in [2.75, 3.05) is 0 Å². The van der Waals surface area contributed by atoms with Crippen molar-refractivity contribution in [2.24, 2.45) is 0 Å². The highest BCUT2D eigenvalue weighted by molar-refractivity contribution is 8.13. The number of hydrogen-bond donors (Lipinski definition) is 0. The molecule has 0 N–H and O–H groups in total. The molecule has 0 spiro atoms. The Morgan fingerprint density at radius 1 is 1.69 bits per heavy atom. The van der Waals surface area contributed by atoms with Gasteiger partial charge in [-0.15, -0.1) is 0 Å². The van der Waals surface area contributed by atoms with Crippen LogP contribution in [0, 0.1) is 11.3 Å². The van der Waals surface area contributed by atoms with Gasteiger partial charge in [-0.3, -0.25) is 0 Å². The maximum Gasteiger partial charge on any atom is 0.280 e. The van der Waals surface area contributed by atoms with Gasteiger partial charge in [0.15, 0.2) is 5.03 Å². The molecule has 0 radical (unpaired) electrons. The average Bonchev–Trinajstić information content (AvgIpc) is 2.61. The van der Waals surface area contributed by atoms with Gasteiger partial charge in [0, 0.05) is 23.3 Å². The summed E-state index contributed by atoms with van der Waals surface area (Å²) in [5, 5.41) is 8.62. The highest BCUT2D eigenvalue weighted by Crippen LogP contribution is 2.18. The van der Waals surface area contributed by atoms with Gasteiger partial charge < -0.3 is 4.57 Å². The van der Waals surface area contributed by atoms with Crippen molar-refractivity contribution < 1.29 is 8.42 Å². The van der Waals surface area contributed by atoms with Crippen LogP contribution in [0.25, 0.3) is 0 Å². The number of aromatic nitrogens is 2.